The van der Waals surface area contributed by atoms with Crippen LogP contribution in [-0.2, 0) is 17.9 Å². The van der Waals surface area contributed by atoms with E-state index in [1.807, 2.05) is 35.2 Å². The summed E-state index contributed by atoms with van der Waals surface area (Å²) < 4.78 is 7.89. The summed E-state index contributed by atoms with van der Waals surface area (Å²) in [5, 5.41) is 12.1. The average molecular weight is 355 g/mol. The lowest BCUT2D eigenvalue weighted by atomic mass is 9.95. The Kier molecular flexibility index (Phi) is 5.15. The molecule has 1 fully saturated rings. The quantitative estimate of drug-likeness (QED) is 0.881. The van der Waals surface area contributed by atoms with Gasteiger partial charge in [-0.1, -0.05) is 18.2 Å². The Labute approximate surface area is 153 Å². The molecule has 0 saturated carbocycles. The molecule has 0 aliphatic carbocycles. The number of para-hydroxylation sites is 1. The minimum absolute atomic E-state index is 0.173. The summed E-state index contributed by atoms with van der Waals surface area (Å²) in [4.78, 5) is 14.4. The van der Waals surface area contributed by atoms with Crippen molar-refractivity contribution in [2.75, 3.05) is 26.2 Å². The van der Waals surface area contributed by atoms with Gasteiger partial charge in [0.1, 0.15) is 17.4 Å². The molecule has 1 aromatic heterocycles. The van der Waals surface area contributed by atoms with Gasteiger partial charge in [0.05, 0.1) is 19.6 Å². The molecule has 1 N–H and O–H groups in total. The third-order valence-electron chi connectivity index (χ3n) is 5.19. The number of amides is 1. The van der Waals surface area contributed by atoms with Crippen molar-refractivity contribution in [1.82, 2.24) is 25.0 Å². The summed E-state index contributed by atoms with van der Waals surface area (Å²) in [5.74, 6) is 3.51. The number of rotatable bonds is 5. The topological polar surface area (TPSA) is 72.3 Å². The van der Waals surface area contributed by atoms with E-state index in [2.05, 4.69) is 20.1 Å². The highest BCUT2D eigenvalue weighted by molar-refractivity contribution is 5.76. The fourth-order valence-corrected chi connectivity index (χ4v) is 3.73. The zero-order valence-corrected chi connectivity index (χ0v) is 14.9. The maximum atomic E-state index is 12.4. The Morgan fingerprint density at radius 3 is 2.77 bits per heavy atom. The van der Waals surface area contributed by atoms with Crippen LogP contribution in [0.2, 0.25) is 0 Å². The predicted octanol–water partition coefficient (Wildman–Crippen LogP) is 1.56. The zero-order chi connectivity index (χ0) is 17.8. The lowest BCUT2D eigenvalue weighted by molar-refractivity contribution is -0.132. The molecular weight excluding hydrogens is 330 g/mol. The molecule has 1 amide bonds. The van der Waals surface area contributed by atoms with Gasteiger partial charge in [0.15, 0.2) is 0 Å². The van der Waals surface area contributed by atoms with Crippen LogP contribution in [0.1, 0.15) is 36.8 Å². The summed E-state index contributed by atoms with van der Waals surface area (Å²) >= 11 is 0. The lowest BCUT2D eigenvalue weighted by Gasteiger charge is -2.32. The Balaban J connectivity index is 1.25. The van der Waals surface area contributed by atoms with Crippen molar-refractivity contribution < 1.29 is 9.53 Å². The highest BCUT2D eigenvalue weighted by atomic mass is 16.5. The zero-order valence-electron chi connectivity index (χ0n) is 14.9. The maximum Gasteiger partial charge on any atom is 0.225 e. The largest absolute Gasteiger partial charge is 0.493 e. The second-order valence-corrected chi connectivity index (χ2v) is 6.87. The molecule has 7 nitrogen and oxygen atoms in total. The van der Waals surface area contributed by atoms with Crippen LogP contribution in [0.25, 0.3) is 0 Å². The molecule has 0 bridgehead atoms. The minimum Gasteiger partial charge on any atom is -0.493 e. The molecule has 2 aliphatic rings. The summed E-state index contributed by atoms with van der Waals surface area (Å²) in [6.45, 7) is 4.70. The van der Waals surface area contributed by atoms with E-state index in [4.69, 9.17) is 4.74 Å². The van der Waals surface area contributed by atoms with Gasteiger partial charge in [0.25, 0.3) is 0 Å². The van der Waals surface area contributed by atoms with E-state index < -0.39 is 0 Å². The first-order valence-electron chi connectivity index (χ1n) is 9.39. The van der Waals surface area contributed by atoms with Crippen molar-refractivity contribution in [3.05, 3.63) is 42.0 Å². The van der Waals surface area contributed by atoms with Crippen LogP contribution in [-0.4, -0.2) is 51.8 Å². The van der Waals surface area contributed by atoms with Crippen molar-refractivity contribution >= 4 is 5.91 Å². The number of nitrogens with zero attached hydrogens (tertiary/aromatic N) is 4. The van der Waals surface area contributed by atoms with E-state index >= 15 is 0 Å². The van der Waals surface area contributed by atoms with Crippen molar-refractivity contribution in [2.45, 2.75) is 38.3 Å². The Morgan fingerprint density at radius 2 is 1.96 bits per heavy atom. The van der Waals surface area contributed by atoms with Gasteiger partial charge in [-0.3, -0.25) is 4.79 Å². The number of aromatic nitrogens is 3. The van der Waals surface area contributed by atoms with E-state index in [9.17, 15) is 4.79 Å². The number of hydrogen-bond acceptors (Lipinski definition) is 5. The Bertz CT molecular complexity index is 738. The maximum absolute atomic E-state index is 12.4. The summed E-state index contributed by atoms with van der Waals surface area (Å²) in [6, 6.07) is 9.63. The number of ether oxygens (including phenoxy) is 1. The van der Waals surface area contributed by atoms with E-state index in [0.29, 0.717) is 18.9 Å². The van der Waals surface area contributed by atoms with Crippen LogP contribution in [0.4, 0.5) is 0 Å². The fraction of sp³-hybridized carbons (Fsp3) is 0.526. The van der Waals surface area contributed by atoms with Crippen molar-refractivity contribution in [3.63, 3.8) is 0 Å². The van der Waals surface area contributed by atoms with Gasteiger partial charge in [-0.2, -0.15) is 0 Å². The summed E-state index contributed by atoms with van der Waals surface area (Å²) in [7, 11) is 0. The first-order chi connectivity index (χ1) is 12.8. The molecule has 7 heteroatoms. The number of piperidine rings is 1. The molecule has 0 atom stereocenters. The Morgan fingerprint density at radius 1 is 1.15 bits per heavy atom. The van der Waals surface area contributed by atoms with Gasteiger partial charge in [0, 0.05) is 32.1 Å². The number of likely N-dealkylation sites (tertiary alicyclic amines) is 1. The van der Waals surface area contributed by atoms with Gasteiger partial charge in [-0.05, 0) is 25.0 Å². The highest BCUT2D eigenvalue weighted by Gasteiger charge is 2.28. The normalized spacial score (nSPS) is 17.8. The van der Waals surface area contributed by atoms with Gasteiger partial charge >= 0.3 is 0 Å². The third-order valence-corrected chi connectivity index (χ3v) is 5.19. The minimum atomic E-state index is 0.173. The number of carbonyl (C=O) groups is 1. The second-order valence-electron chi connectivity index (χ2n) is 6.87. The van der Waals surface area contributed by atoms with Gasteiger partial charge in [-0.25, -0.2) is 0 Å². The molecule has 3 heterocycles. The molecule has 0 unspecified atom stereocenters. The van der Waals surface area contributed by atoms with Gasteiger partial charge in [-0.15, -0.1) is 10.2 Å². The first-order valence-corrected chi connectivity index (χ1v) is 9.39. The monoisotopic (exact) mass is 355 g/mol. The molecule has 138 valence electrons. The van der Waals surface area contributed by atoms with Crippen molar-refractivity contribution in [3.8, 4) is 5.75 Å². The second kappa shape index (κ2) is 7.86. The SMILES string of the molecule is O=C(CCOc1ccccc1)N1CCC(c2nnc3n2CCNC3)CC1. The number of fused-ring (bicyclic) bond motifs is 1. The number of benzene rings is 1. The number of carbonyl (C=O) groups excluding carboxylic acids is 1. The molecule has 2 aliphatic heterocycles. The van der Waals surface area contributed by atoms with Crippen LogP contribution in [0, 0.1) is 0 Å². The molecule has 0 radical (unpaired) electrons. The predicted molar refractivity (Wildman–Crippen MR) is 96.8 cm³/mol. The molecular formula is C19H25N5O2. The molecule has 4 rings (SSSR count). The van der Waals surface area contributed by atoms with E-state index in [-0.39, 0.29) is 5.91 Å². The van der Waals surface area contributed by atoms with Gasteiger partial charge < -0.3 is 19.5 Å². The van der Waals surface area contributed by atoms with Crippen molar-refractivity contribution in [2.24, 2.45) is 0 Å². The molecule has 0 spiro atoms. The number of nitrogens with one attached hydrogen (secondary N) is 1. The van der Waals surface area contributed by atoms with Crippen LogP contribution in [0.15, 0.2) is 30.3 Å². The van der Waals surface area contributed by atoms with E-state index in [0.717, 1.165) is 63.0 Å². The first kappa shape index (κ1) is 17.0. The van der Waals surface area contributed by atoms with E-state index in [1.54, 1.807) is 0 Å². The Hall–Kier alpha value is -2.41. The standard InChI is InChI=1S/C19H25N5O2/c25-18(8-13-26-16-4-2-1-3-5-16)23-10-6-15(7-11-23)19-22-21-17-14-20-9-12-24(17)19/h1-5,15,20H,6-14H2. The van der Waals surface area contributed by atoms with Crippen LogP contribution in [0.5, 0.6) is 5.75 Å². The molecule has 2 aromatic rings. The summed E-state index contributed by atoms with van der Waals surface area (Å²) in [6.07, 6.45) is 2.33. The number of hydrogen-bond donors (Lipinski definition) is 1. The van der Waals surface area contributed by atoms with Crippen LogP contribution < -0.4 is 10.1 Å². The molecule has 1 saturated heterocycles. The van der Waals surface area contributed by atoms with E-state index in [1.165, 1.54) is 0 Å². The van der Waals surface area contributed by atoms with Crippen LogP contribution >= 0.6 is 0 Å². The fourth-order valence-electron chi connectivity index (χ4n) is 3.73. The average Bonchev–Trinajstić information content (AvgIpc) is 3.13. The highest BCUT2D eigenvalue weighted by Crippen LogP contribution is 2.28. The third kappa shape index (κ3) is 3.72. The van der Waals surface area contributed by atoms with Gasteiger partial charge in [0.2, 0.25) is 5.91 Å². The van der Waals surface area contributed by atoms with Crippen molar-refractivity contribution in [1.29, 1.82) is 0 Å². The van der Waals surface area contributed by atoms with Crippen LogP contribution in [0.3, 0.4) is 0 Å². The molecule has 1 aromatic carbocycles. The lowest BCUT2D eigenvalue weighted by Crippen LogP contribution is -2.39. The smallest absolute Gasteiger partial charge is 0.225 e. The molecule has 26 heavy (non-hydrogen) atoms. The summed E-state index contributed by atoms with van der Waals surface area (Å²) in [5.41, 5.74) is 0.